The molecule has 17 aromatic rings. The van der Waals surface area contributed by atoms with Crippen molar-refractivity contribution in [2.45, 2.75) is 0 Å². The lowest BCUT2D eigenvalue weighted by Gasteiger charge is -2.27. The highest BCUT2D eigenvalue weighted by molar-refractivity contribution is 7.26. The van der Waals surface area contributed by atoms with E-state index < -0.39 is 154 Å². The lowest BCUT2D eigenvalue weighted by Crippen LogP contribution is -2.14. The molecule has 0 fully saturated rings. The minimum atomic E-state index is -0.812. The Morgan fingerprint density at radius 2 is 0.895 bits per heavy atom. The van der Waals surface area contributed by atoms with Crippen molar-refractivity contribution in [1.29, 1.82) is 5.26 Å². The van der Waals surface area contributed by atoms with Crippen molar-refractivity contribution >= 4 is 146 Å². The zero-order chi connectivity index (χ0) is 67.3. The Kier molecular flexibility index (Phi) is 5.27. The first-order valence-electron chi connectivity index (χ1n) is 33.7. The van der Waals surface area contributed by atoms with Crippen LogP contribution >= 0.6 is 11.3 Å². The van der Waals surface area contributed by atoms with E-state index in [2.05, 4.69) is 10.9 Å². The Morgan fingerprint density at radius 1 is 0.421 bits per heavy atom. The molecular weight excluding hydrogens is 949 g/mol. The van der Waals surface area contributed by atoms with E-state index in [4.69, 9.17) is 12.6 Å². The third-order valence-electron chi connectivity index (χ3n) is 14.6. The summed E-state index contributed by atoms with van der Waals surface area (Å²) in [4.78, 5) is 4.46. The van der Waals surface area contributed by atoms with Gasteiger partial charge in [0.2, 0.25) is 5.69 Å². The SMILES string of the molecule is [2H]c1c([2H])c([2H])c2c(oc3c2c([2H])c([2H])c2c4c([2H])c([2H])c([2H])c([2H])c4n(-c4c(C#N)c(-n5c6ccccc6c6ccccc65)c(-n5c6c([2H])c([2H])c([2H])c([2H])c6c6c([2H])c([2H])c7c(sc8c([2H])c([2H])c([2H])c([2H])c87)c65)c(-n5c6ccccc6c6ccccc65)c4[N+]#[C-])c32)c1[2H]. The molecule has 0 unspecified atom stereocenters. The number of nitrogens with zero attached hydrogens (tertiary/aromatic N) is 6. The summed E-state index contributed by atoms with van der Waals surface area (Å²) in [6, 6.07) is 17.5. The Bertz CT molecular complexity index is 6500. The van der Waals surface area contributed by atoms with Crippen LogP contribution in [0.1, 0.15) is 33.0 Å². The van der Waals surface area contributed by atoms with Crippen molar-refractivity contribution in [2.24, 2.45) is 0 Å². The molecule has 0 atom stereocenters. The molecule has 17 rings (SSSR count). The van der Waals surface area contributed by atoms with E-state index >= 15 is 0 Å². The maximum absolute atomic E-state index is 13.0. The average molecular weight is 1010 g/mol. The summed E-state index contributed by atoms with van der Waals surface area (Å²) in [6.07, 6.45) is 0. The van der Waals surface area contributed by atoms with Crippen LogP contribution in [0.5, 0.6) is 0 Å². The normalized spacial score (nSPS) is 15.9. The molecule has 0 aliphatic heterocycles. The number of hydrogen-bond donors (Lipinski definition) is 0. The third-order valence-corrected chi connectivity index (χ3v) is 15.7. The molecule has 0 saturated heterocycles. The molecule has 0 aliphatic rings. The fraction of sp³-hybridized carbons (Fsp3) is 0. The Hall–Kier alpha value is -10.4. The molecule has 0 amide bonds. The molecule has 6 heterocycles. The first kappa shape index (κ1) is 26.5. The van der Waals surface area contributed by atoms with E-state index in [1.807, 2.05) is 24.3 Å². The number of fused-ring (bicyclic) bond motifs is 20. The second-order valence-electron chi connectivity index (χ2n) is 18.2. The van der Waals surface area contributed by atoms with Crippen LogP contribution in [0.25, 0.3) is 157 Å². The maximum atomic E-state index is 13.0. The van der Waals surface area contributed by atoms with Crippen LogP contribution in [-0.4, -0.2) is 18.3 Å². The zero-order valence-corrected chi connectivity index (χ0v) is 39.6. The molecule has 7 nitrogen and oxygen atoms in total. The summed E-state index contributed by atoms with van der Waals surface area (Å²) in [5.74, 6) is 0. The molecule has 0 N–H and O–H groups in total. The van der Waals surface area contributed by atoms with Crippen molar-refractivity contribution in [3.05, 3.63) is 235 Å². The summed E-state index contributed by atoms with van der Waals surface area (Å²) < 4.78 is 202. The molecule has 0 bridgehead atoms. The minimum absolute atomic E-state index is 0.00315. The van der Waals surface area contributed by atoms with E-state index in [0.29, 0.717) is 43.6 Å². The molecule has 0 spiro atoms. The van der Waals surface area contributed by atoms with E-state index in [0.717, 1.165) is 11.3 Å². The second kappa shape index (κ2) is 15.1. The van der Waals surface area contributed by atoms with E-state index in [-0.39, 0.29) is 86.1 Å². The number of aromatic nitrogens is 4. The predicted molar refractivity (Wildman–Crippen MR) is 315 cm³/mol. The third kappa shape index (κ3) is 5.17. The van der Waals surface area contributed by atoms with Gasteiger partial charge in [0.25, 0.3) is 0 Å². The number of benzene rings is 11. The lowest BCUT2D eigenvalue weighted by atomic mass is 10.0. The molecule has 350 valence electrons. The van der Waals surface area contributed by atoms with Crippen LogP contribution in [-0.2, 0) is 0 Å². The minimum Gasteiger partial charge on any atom is -0.454 e. The van der Waals surface area contributed by atoms with Crippen LogP contribution in [0.2, 0.25) is 0 Å². The Morgan fingerprint density at radius 3 is 1.49 bits per heavy atom. The number of para-hydroxylation sites is 7. The largest absolute Gasteiger partial charge is 0.454 e. The number of rotatable bonds is 4. The van der Waals surface area contributed by atoms with E-state index in [1.54, 1.807) is 81.9 Å². The van der Waals surface area contributed by atoms with Crippen LogP contribution in [0.15, 0.2) is 222 Å². The van der Waals surface area contributed by atoms with E-state index in [1.165, 1.54) is 9.13 Å². The van der Waals surface area contributed by atoms with Crippen molar-refractivity contribution < 1.29 is 31.8 Å². The summed E-state index contributed by atoms with van der Waals surface area (Å²) >= 11 is 0.817. The topological polar surface area (TPSA) is 61.0 Å². The molecule has 8 heteroatoms. The summed E-state index contributed by atoms with van der Waals surface area (Å²) in [5.41, 5.74) is -2.73. The number of furan rings is 1. The first-order chi connectivity index (χ1) is 46.0. The van der Waals surface area contributed by atoms with Crippen molar-refractivity contribution in [3.8, 4) is 28.8 Å². The van der Waals surface area contributed by atoms with Crippen LogP contribution in [0.3, 0.4) is 0 Å². The fourth-order valence-corrected chi connectivity index (χ4v) is 12.8. The highest BCUT2D eigenvalue weighted by Crippen LogP contribution is 2.54. The summed E-state index contributed by atoms with van der Waals surface area (Å²) in [6.45, 7) is 9.97. The van der Waals surface area contributed by atoms with E-state index in [9.17, 15) is 31.0 Å². The second-order valence-corrected chi connectivity index (χ2v) is 19.2. The van der Waals surface area contributed by atoms with Crippen molar-refractivity contribution in [1.82, 2.24) is 18.3 Å². The molecule has 0 saturated carbocycles. The number of thiophene rings is 1. The van der Waals surface area contributed by atoms with Crippen molar-refractivity contribution in [2.75, 3.05) is 0 Å². The Labute approximate surface area is 464 Å². The molecule has 0 aliphatic carbocycles. The first-order valence-corrected chi connectivity index (χ1v) is 24.5. The molecule has 6 aromatic heterocycles. The van der Waals surface area contributed by atoms with Gasteiger partial charge in [0.1, 0.15) is 11.7 Å². The monoisotopic (exact) mass is 1000 g/mol. The van der Waals surface area contributed by atoms with Gasteiger partial charge < -0.3 is 22.7 Å². The van der Waals surface area contributed by atoms with Crippen molar-refractivity contribution in [3.63, 3.8) is 0 Å². The maximum Gasteiger partial charge on any atom is 0.237 e. The van der Waals surface area contributed by atoms with Gasteiger partial charge in [0.15, 0.2) is 5.58 Å². The predicted octanol–water partition coefficient (Wildman–Crippen LogP) is 18.8. The van der Waals surface area contributed by atoms with Gasteiger partial charge in [-0.25, -0.2) is 4.85 Å². The molecule has 0 radical (unpaired) electrons. The van der Waals surface area contributed by atoms with Crippen LogP contribution < -0.4 is 0 Å². The van der Waals surface area contributed by atoms with Gasteiger partial charge in [0.05, 0.1) is 111 Å². The van der Waals surface area contributed by atoms with Gasteiger partial charge >= 0.3 is 0 Å². The van der Waals surface area contributed by atoms with Crippen LogP contribution in [0, 0.1) is 17.9 Å². The fourth-order valence-electron chi connectivity index (χ4n) is 11.7. The average Bonchev–Trinajstić information content (AvgIpc) is 1.48. The standard InChI is InChI=1S/C68H36N6OS/c1-70-60-61(73-56-30-14-6-22-43(56)47-34-36-49-45-24-8-16-32-58(45)75-67(49)63(47)73)51(38-69)62(71-52-26-10-2-18-39(52)40-19-3-11-27-53(40)71)66(65(60)72-54-28-12-4-20-41(54)42-21-5-13-29-55(42)72)74-57-31-15-7-23-44(57)48-35-37-50-46-25-9-17-33-59(46)76-68(50)64(48)74/h2-37H/i6D,7D,8D,9D,14D,15D,16D,17D,22D,23D,24D,25D,30D,31D,32D,33D,34D,35D,36D,37D. The number of hydrogen-bond acceptors (Lipinski definition) is 3. The van der Waals surface area contributed by atoms with Crippen LogP contribution in [0.4, 0.5) is 5.69 Å². The highest BCUT2D eigenvalue weighted by Gasteiger charge is 2.35. The molecule has 11 aromatic carbocycles. The van der Waals surface area contributed by atoms with Gasteiger partial charge in [-0.2, -0.15) is 5.26 Å². The summed E-state index contributed by atoms with van der Waals surface area (Å²) in [5, 5.41) is 13.1. The smallest absolute Gasteiger partial charge is 0.237 e. The quantitative estimate of drug-likeness (QED) is 0.165. The molecule has 76 heavy (non-hydrogen) atoms. The summed E-state index contributed by atoms with van der Waals surface area (Å²) in [7, 11) is 0. The van der Waals surface area contributed by atoms with Gasteiger partial charge in [-0.05, 0) is 54.5 Å². The van der Waals surface area contributed by atoms with Gasteiger partial charge in [0, 0.05) is 69.3 Å². The molecular formula is C68H36N6OS. The number of nitriles is 1. The van der Waals surface area contributed by atoms with Gasteiger partial charge in [-0.3, -0.25) is 0 Å². The lowest BCUT2D eigenvalue weighted by molar-refractivity contribution is 0.671. The van der Waals surface area contributed by atoms with Gasteiger partial charge in [-0.1, -0.05) is 163 Å². The zero-order valence-electron chi connectivity index (χ0n) is 58.7. The highest BCUT2D eigenvalue weighted by atomic mass is 32.1. The Balaban J connectivity index is 1.27. The van der Waals surface area contributed by atoms with Gasteiger partial charge in [-0.15, -0.1) is 11.3 Å².